The first-order valence-corrected chi connectivity index (χ1v) is 5.49. The maximum Gasteiger partial charge on any atom is 0.354 e. The van der Waals surface area contributed by atoms with Crippen molar-refractivity contribution in [2.24, 2.45) is 0 Å². The summed E-state index contributed by atoms with van der Waals surface area (Å²) in [6.45, 7) is 2.37. The van der Waals surface area contributed by atoms with Crippen molar-refractivity contribution in [1.82, 2.24) is 9.88 Å². The van der Waals surface area contributed by atoms with Crippen LogP contribution in [0.15, 0.2) is 18.3 Å². The molecule has 0 saturated carbocycles. The molecule has 0 aliphatic heterocycles. The Morgan fingerprint density at radius 3 is 3.00 bits per heavy atom. The molecule has 1 rings (SSSR count). The molecule has 0 atom stereocenters. The number of rotatable bonds is 7. The Morgan fingerprint density at radius 1 is 1.59 bits per heavy atom. The van der Waals surface area contributed by atoms with Crippen molar-refractivity contribution in [3.63, 3.8) is 0 Å². The molecule has 0 aliphatic rings. The number of methoxy groups -OCH3 is 1. The van der Waals surface area contributed by atoms with Gasteiger partial charge in [-0.25, -0.2) is 9.78 Å². The molecule has 0 radical (unpaired) electrons. The summed E-state index contributed by atoms with van der Waals surface area (Å²) in [4.78, 5) is 16.7. The Hall–Kier alpha value is -1.46. The zero-order valence-electron chi connectivity index (χ0n) is 10.2. The highest BCUT2D eigenvalue weighted by atomic mass is 16.5. The quantitative estimate of drug-likeness (QED) is 0.724. The number of aromatic nitrogens is 1. The lowest BCUT2D eigenvalue weighted by Gasteiger charge is -2.16. The SMILES string of the molecule is COCCCN(C)Cc1ccnc(C(=O)O)c1. The Morgan fingerprint density at radius 2 is 2.35 bits per heavy atom. The second-order valence-corrected chi connectivity index (χ2v) is 3.94. The number of nitrogens with zero attached hydrogens (tertiary/aromatic N) is 2. The van der Waals surface area contributed by atoms with E-state index < -0.39 is 5.97 Å². The molecule has 17 heavy (non-hydrogen) atoms. The second-order valence-electron chi connectivity index (χ2n) is 3.94. The molecule has 5 nitrogen and oxygen atoms in total. The van der Waals surface area contributed by atoms with E-state index in [0.29, 0.717) is 6.54 Å². The van der Waals surface area contributed by atoms with Crippen molar-refractivity contribution in [1.29, 1.82) is 0 Å². The zero-order valence-corrected chi connectivity index (χ0v) is 10.2. The van der Waals surface area contributed by atoms with E-state index in [-0.39, 0.29) is 5.69 Å². The number of pyridine rings is 1. The van der Waals surface area contributed by atoms with Crippen LogP contribution >= 0.6 is 0 Å². The summed E-state index contributed by atoms with van der Waals surface area (Å²) in [6.07, 6.45) is 2.49. The Balaban J connectivity index is 2.50. The predicted molar refractivity (Wildman–Crippen MR) is 64.0 cm³/mol. The van der Waals surface area contributed by atoms with Crippen LogP contribution < -0.4 is 0 Å². The summed E-state index contributed by atoms with van der Waals surface area (Å²) in [5.41, 5.74) is 1.05. The smallest absolute Gasteiger partial charge is 0.354 e. The van der Waals surface area contributed by atoms with E-state index in [0.717, 1.165) is 25.1 Å². The zero-order chi connectivity index (χ0) is 12.7. The topological polar surface area (TPSA) is 62.7 Å². The van der Waals surface area contributed by atoms with Gasteiger partial charge in [-0.1, -0.05) is 0 Å². The lowest BCUT2D eigenvalue weighted by atomic mass is 10.2. The molecule has 0 aromatic carbocycles. The summed E-state index contributed by atoms with van der Waals surface area (Å²) < 4.78 is 4.98. The van der Waals surface area contributed by atoms with Crippen molar-refractivity contribution >= 4 is 5.97 Å². The number of hydrogen-bond donors (Lipinski definition) is 1. The van der Waals surface area contributed by atoms with Crippen LogP contribution in [0.1, 0.15) is 22.5 Å². The second kappa shape index (κ2) is 6.98. The third kappa shape index (κ3) is 4.93. The largest absolute Gasteiger partial charge is 0.477 e. The van der Waals surface area contributed by atoms with Crippen LogP contribution in [0.3, 0.4) is 0 Å². The first-order chi connectivity index (χ1) is 8.13. The van der Waals surface area contributed by atoms with Gasteiger partial charge in [0.2, 0.25) is 0 Å². The molecule has 1 N–H and O–H groups in total. The van der Waals surface area contributed by atoms with Crippen LogP contribution in [-0.2, 0) is 11.3 Å². The first kappa shape index (κ1) is 13.6. The number of hydrogen-bond acceptors (Lipinski definition) is 4. The van der Waals surface area contributed by atoms with Crippen molar-refractivity contribution in [2.45, 2.75) is 13.0 Å². The Kier molecular flexibility index (Phi) is 5.59. The molecule has 0 amide bonds. The molecular formula is C12H18N2O3. The lowest BCUT2D eigenvalue weighted by Crippen LogP contribution is -2.20. The van der Waals surface area contributed by atoms with E-state index in [2.05, 4.69) is 9.88 Å². The summed E-state index contributed by atoms with van der Waals surface area (Å²) in [5, 5.41) is 8.82. The van der Waals surface area contributed by atoms with Gasteiger partial charge in [-0.2, -0.15) is 0 Å². The van der Waals surface area contributed by atoms with E-state index in [1.54, 1.807) is 13.2 Å². The number of carboxylic acids is 1. The van der Waals surface area contributed by atoms with Gasteiger partial charge in [0.05, 0.1) is 0 Å². The fraction of sp³-hybridized carbons (Fsp3) is 0.500. The van der Waals surface area contributed by atoms with E-state index in [1.807, 2.05) is 13.1 Å². The summed E-state index contributed by atoms with van der Waals surface area (Å²) in [7, 11) is 3.68. The van der Waals surface area contributed by atoms with Gasteiger partial charge in [0.15, 0.2) is 0 Å². The van der Waals surface area contributed by atoms with Gasteiger partial charge in [-0.3, -0.25) is 0 Å². The van der Waals surface area contributed by atoms with Crippen LogP contribution in [0.25, 0.3) is 0 Å². The Bertz CT molecular complexity index is 369. The summed E-state index contributed by atoms with van der Waals surface area (Å²) in [5.74, 6) is -0.992. The minimum Gasteiger partial charge on any atom is -0.477 e. The lowest BCUT2D eigenvalue weighted by molar-refractivity contribution is 0.0690. The average Bonchev–Trinajstić information content (AvgIpc) is 2.29. The molecule has 1 aromatic heterocycles. The molecule has 0 aliphatic carbocycles. The van der Waals surface area contributed by atoms with E-state index in [9.17, 15) is 4.79 Å². The highest BCUT2D eigenvalue weighted by Gasteiger charge is 2.06. The fourth-order valence-corrected chi connectivity index (χ4v) is 1.56. The van der Waals surface area contributed by atoms with Crippen LogP contribution in [0.4, 0.5) is 0 Å². The highest BCUT2D eigenvalue weighted by Crippen LogP contribution is 2.05. The molecule has 94 valence electrons. The molecule has 0 spiro atoms. The third-order valence-electron chi connectivity index (χ3n) is 2.38. The summed E-state index contributed by atoms with van der Waals surface area (Å²) in [6, 6.07) is 3.44. The van der Waals surface area contributed by atoms with Crippen LogP contribution in [0.5, 0.6) is 0 Å². The van der Waals surface area contributed by atoms with Crippen molar-refractivity contribution in [3.8, 4) is 0 Å². The number of ether oxygens (including phenoxy) is 1. The van der Waals surface area contributed by atoms with Gasteiger partial charge in [0, 0.05) is 33.0 Å². The Labute approximate surface area is 101 Å². The third-order valence-corrected chi connectivity index (χ3v) is 2.38. The number of aromatic carboxylic acids is 1. The molecule has 1 heterocycles. The van der Waals surface area contributed by atoms with Gasteiger partial charge in [-0.15, -0.1) is 0 Å². The van der Waals surface area contributed by atoms with Gasteiger partial charge in [0.25, 0.3) is 0 Å². The molecule has 0 bridgehead atoms. The molecule has 0 fully saturated rings. The highest BCUT2D eigenvalue weighted by molar-refractivity contribution is 5.85. The van der Waals surface area contributed by atoms with Gasteiger partial charge in [0.1, 0.15) is 5.69 Å². The standard InChI is InChI=1S/C12H18N2O3/c1-14(6-3-7-17-2)9-10-4-5-13-11(8-10)12(15)16/h4-5,8H,3,6-7,9H2,1-2H3,(H,15,16). The van der Waals surface area contributed by atoms with Crippen LogP contribution in [-0.4, -0.2) is 48.3 Å². The number of carbonyl (C=O) groups is 1. The van der Waals surface area contributed by atoms with E-state index >= 15 is 0 Å². The average molecular weight is 238 g/mol. The first-order valence-electron chi connectivity index (χ1n) is 5.49. The monoisotopic (exact) mass is 238 g/mol. The van der Waals surface area contributed by atoms with E-state index in [4.69, 9.17) is 9.84 Å². The predicted octanol–water partition coefficient (Wildman–Crippen LogP) is 1.25. The van der Waals surface area contributed by atoms with E-state index in [1.165, 1.54) is 6.20 Å². The fourth-order valence-electron chi connectivity index (χ4n) is 1.56. The van der Waals surface area contributed by atoms with Gasteiger partial charge < -0.3 is 14.7 Å². The number of carboxylic acid groups (broad SMARTS) is 1. The molecule has 0 saturated heterocycles. The molecular weight excluding hydrogens is 220 g/mol. The van der Waals surface area contributed by atoms with Crippen molar-refractivity contribution < 1.29 is 14.6 Å². The molecule has 0 unspecified atom stereocenters. The maximum atomic E-state index is 10.8. The minimum atomic E-state index is -0.992. The summed E-state index contributed by atoms with van der Waals surface area (Å²) >= 11 is 0. The minimum absolute atomic E-state index is 0.0905. The van der Waals surface area contributed by atoms with Crippen LogP contribution in [0, 0.1) is 0 Å². The van der Waals surface area contributed by atoms with Crippen molar-refractivity contribution in [3.05, 3.63) is 29.6 Å². The maximum absolute atomic E-state index is 10.8. The normalized spacial score (nSPS) is 10.8. The van der Waals surface area contributed by atoms with Crippen molar-refractivity contribution in [2.75, 3.05) is 27.3 Å². The molecule has 5 heteroatoms. The van der Waals surface area contributed by atoms with Gasteiger partial charge >= 0.3 is 5.97 Å². The molecule has 1 aromatic rings. The van der Waals surface area contributed by atoms with Gasteiger partial charge in [-0.05, 0) is 31.2 Å². The van der Waals surface area contributed by atoms with Crippen LogP contribution in [0.2, 0.25) is 0 Å².